The smallest absolute Gasteiger partial charge is 0.254 e. The second-order valence-electron chi connectivity index (χ2n) is 5.01. The number of nitrogens with zero attached hydrogens (tertiary/aromatic N) is 1. The minimum atomic E-state index is -0.473. The number of amides is 2. The summed E-state index contributed by atoms with van der Waals surface area (Å²) in [5.41, 5.74) is 2.11. The predicted molar refractivity (Wildman–Crippen MR) is 78.7 cm³/mol. The molecule has 0 radical (unpaired) electrons. The highest BCUT2D eigenvalue weighted by atomic mass is 16.2. The van der Waals surface area contributed by atoms with Gasteiger partial charge in [-0.05, 0) is 37.6 Å². The van der Waals surface area contributed by atoms with Crippen LogP contribution >= 0.6 is 0 Å². The van der Waals surface area contributed by atoms with Gasteiger partial charge in [0.2, 0.25) is 5.91 Å². The summed E-state index contributed by atoms with van der Waals surface area (Å²) in [5, 5.41) is 11.5. The van der Waals surface area contributed by atoms with Crippen molar-refractivity contribution >= 4 is 11.8 Å². The van der Waals surface area contributed by atoms with Crippen LogP contribution in [0, 0.1) is 18.8 Å². The molecule has 0 spiro atoms. The van der Waals surface area contributed by atoms with Crippen LogP contribution in [0.3, 0.4) is 0 Å². The molecule has 1 atom stereocenters. The van der Waals surface area contributed by atoms with Crippen molar-refractivity contribution in [3.05, 3.63) is 34.9 Å². The van der Waals surface area contributed by atoms with Gasteiger partial charge in [-0.2, -0.15) is 0 Å². The third-order valence-electron chi connectivity index (χ3n) is 3.40. The summed E-state index contributed by atoms with van der Waals surface area (Å²) in [6.07, 6.45) is 0. The SMILES string of the molecule is Cc1cc(C#CCO)cc(C(=O)N2CCNC(=O)C2C)c1. The highest BCUT2D eigenvalue weighted by molar-refractivity contribution is 5.98. The van der Waals surface area contributed by atoms with Gasteiger partial charge in [-0.1, -0.05) is 11.8 Å². The fraction of sp³-hybridized carbons (Fsp3) is 0.375. The van der Waals surface area contributed by atoms with Gasteiger partial charge >= 0.3 is 0 Å². The van der Waals surface area contributed by atoms with Gasteiger partial charge in [0.05, 0.1) is 0 Å². The van der Waals surface area contributed by atoms with Crippen molar-refractivity contribution in [1.29, 1.82) is 0 Å². The van der Waals surface area contributed by atoms with Crippen LogP contribution in [0.5, 0.6) is 0 Å². The summed E-state index contributed by atoms with van der Waals surface area (Å²) in [5.74, 6) is 5.06. The molecule has 0 bridgehead atoms. The summed E-state index contributed by atoms with van der Waals surface area (Å²) >= 11 is 0. The highest BCUT2D eigenvalue weighted by Gasteiger charge is 2.29. The molecule has 110 valence electrons. The Labute approximate surface area is 124 Å². The Kier molecular flexibility index (Phi) is 4.61. The van der Waals surface area contributed by atoms with Crippen molar-refractivity contribution in [2.75, 3.05) is 19.7 Å². The molecule has 1 aliphatic heterocycles. The number of aliphatic hydroxyl groups is 1. The minimum Gasteiger partial charge on any atom is -0.384 e. The average Bonchev–Trinajstić information content (AvgIpc) is 2.46. The van der Waals surface area contributed by atoms with E-state index in [1.807, 2.05) is 13.0 Å². The number of carbonyl (C=O) groups is 2. The van der Waals surface area contributed by atoms with E-state index in [2.05, 4.69) is 17.2 Å². The molecular formula is C16H18N2O3. The monoisotopic (exact) mass is 286 g/mol. The summed E-state index contributed by atoms with van der Waals surface area (Å²) in [7, 11) is 0. The third-order valence-corrected chi connectivity index (χ3v) is 3.40. The van der Waals surface area contributed by atoms with Crippen LogP contribution < -0.4 is 5.32 Å². The second-order valence-corrected chi connectivity index (χ2v) is 5.01. The van der Waals surface area contributed by atoms with Crippen LogP contribution in [0.15, 0.2) is 18.2 Å². The molecule has 0 aliphatic carbocycles. The first-order chi connectivity index (χ1) is 10.0. The van der Waals surface area contributed by atoms with Crippen LogP contribution in [0.2, 0.25) is 0 Å². The van der Waals surface area contributed by atoms with Crippen LogP contribution in [-0.2, 0) is 4.79 Å². The maximum atomic E-state index is 12.6. The summed E-state index contributed by atoms with van der Waals surface area (Å²) < 4.78 is 0. The molecule has 0 saturated carbocycles. The molecule has 1 aromatic carbocycles. The van der Waals surface area contributed by atoms with Crippen LogP contribution in [-0.4, -0.2) is 47.6 Å². The molecule has 0 aromatic heterocycles. The second kappa shape index (κ2) is 6.42. The highest BCUT2D eigenvalue weighted by Crippen LogP contribution is 2.14. The van der Waals surface area contributed by atoms with Crippen LogP contribution in [0.25, 0.3) is 0 Å². The molecule has 1 aromatic rings. The van der Waals surface area contributed by atoms with E-state index in [9.17, 15) is 9.59 Å². The molecule has 2 N–H and O–H groups in total. The van der Waals surface area contributed by atoms with E-state index in [-0.39, 0.29) is 18.4 Å². The summed E-state index contributed by atoms with van der Waals surface area (Å²) in [6.45, 7) is 4.34. The van der Waals surface area contributed by atoms with Gasteiger partial charge in [-0.3, -0.25) is 9.59 Å². The van der Waals surface area contributed by atoms with Gasteiger partial charge in [-0.15, -0.1) is 0 Å². The Morgan fingerprint density at radius 1 is 1.48 bits per heavy atom. The van der Waals surface area contributed by atoms with Gasteiger partial charge in [0.25, 0.3) is 5.91 Å². The van der Waals surface area contributed by atoms with Crippen molar-refractivity contribution in [3.8, 4) is 11.8 Å². The lowest BCUT2D eigenvalue weighted by atomic mass is 10.0. The Bertz CT molecular complexity index is 628. The van der Waals surface area contributed by atoms with Gasteiger partial charge in [0.15, 0.2) is 0 Å². The lowest BCUT2D eigenvalue weighted by Crippen LogP contribution is -2.55. The molecule has 5 nitrogen and oxygen atoms in total. The zero-order valence-corrected chi connectivity index (χ0v) is 12.1. The molecule has 5 heteroatoms. The number of nitrogens with one attached hydrogen (secondary N) is 1. The van der Waals surface area contributed by atoms with Crippen molar-refractivity contribution < 1.29 is 14.7 Å². The fourth-order valence-electron chi connectivity index (χ4n) is 2.35. The number of rotatable bonds is 1. The van der Waals surface area contributed by atoms with E-state index >= 15 is 0 Å². The summed E-state index contributed by atoms with van der Waals surface area (Å²) in [4.78, 5) is 25.8. The topological polar surface area (TPSA) is 69.6 Å². The third kappa shape index (κ3) is 3.41. The van der Waals surface area contributed by atoms with E-state index in [0.29, 0.717) is 24.2 Å². The van der Waals surface area contributed by atoms with Crippen molar-refractivity contribution in [2.24, 2.45) is 0 Å². The Morgan fingerprint density at radius 2 is 2.24 bits per heavy atom. The molecule has 2 rings (SSSR count). The van der Waals surface area contributed by atoms with E-state index < -0.39 is 6.04 Å². The quantitative estimate of drug-likeness (QED) is 0.730. The number of aryl methyl sites for hydroxylation is 1. The number of carbonyl (C=O) groups excluding carboxylic acids is 2. The lowest BCUT2D eigenvalue weighted by molar-refractivity contribution is -0.127. The predicted octanol–water partition coefficient (Wildman–Crippen LogP) is 0.299. The van der Waals surface area contributed by atoms with Crippen molar-refractivity contribution in [3.63, 3.8) is 0 Å². The molecule has 1 unspecified atom stereocenters. The number of piperazine rings is 1. The molecule has 1 fully saturated rings. The molecule has 1 saturated heterocycles. The van der Waals surface area contributed by atoms with Gasteiger partial charge in [0.1, 0.15) is 12.6 Å². The van der Waals surface area contributed by atoms with Gasteiger partial charge in [-0.25, -0.2) is 0 Å². The Hall–Kier alpha value is -2.32. The van der Waals surface area contributed by atoms with Crippen molar-refractivity contribution in [2.45, 2.75) is 19.9 Å². The van der Waals surface area contributed by atoms with E-state index in [4.69, 9.17) is 5.11 Å². The molecule has 1 aliphatic rings. The van der Waals surface area contributed by atoms with Crippen molar-refractivity contribution in [1.82, 2.24) is 10.2 Å². The number of aliphatic hydroxyl groups excluding tert-OH is 1. The maximum Gasteiger partial charge on any atom is 0.254 e. The lowest BCUT2D eigenvalue weighted by Gasteiger charge is -2.33. The van der Waals surface area contributed by atoms with Crippen LogP contribution in [0.1, 0.15) is 28.4 Å². The summed E-state index contributed by atoms with van der Waals surface area (Å²) in [6, 6.07) is 4.85. The zero-order chi connectivity index (χ0) is 15.4. The number of benzene rings is 1. The fourth-order valence-corrected chi connectivity index (χ4v) is 2.35. The first-order valence-electron chi connectivity index (χ1n) is 6.83. The molecule has 2 amide bonds. The van der Waals surface area contributed by atoms with Gasteiger partial charge < -0.3 is 15.3 Å². The Morgan fingerprint density at radius 3 is 2.95 bits per heavy atom. The van der Waals surface area contributed by atoms with E-state index in [1.165, 1.54) is 0 Å². The van der Waals surface area contributed by atoms with Gasteiger partial charge in [0, 0.05) is 24.2 Å². The number of hydrogen-bond donors (Lipinski definition) is 2. The molecule has 1 heterocycles. The largest absolute Gasteiger partial charge is 0.384 e. The van der Waals surface area contributed by atoms with Crippen LogP contribution in [0.4, 0.5) is 0 Å². The Balaban J connectivity index is 2.30. The van der Waals surface area contributed by atoms with E-state index in [1.54, 1.807) is 24.0 Å². The maximum absolute atomic E-state index is 12.6. The first-order valence-corrected chi connectivity index (χ1v) is 6.83. The normalized spacial score (nSPS) is 17.8. The average molecular weight is 286 g/mol. The zero-order valence-electron chi connectivity index (χ0n) is 12.1. The first kappa shape index (κ1) is 15.1. The standard InChI is InChI=1S/C16H18N2O3/c1-11-8-13(4-3-7-19)10-14(9-11)16(21)18-6-5-17-15(20)12(18)2/h8-10,12,19H,5-7H2,1-2H3,(H,17,20). The van der Waals surface area contributed by atoms with E-state index in [0.717, 1.165) is 5.56 Å². The molecular weight excluding hydrogens is 268 g/mol. The number of hydrogen-bond acceptors (Lipinski definition) is 3. The minimum absolute atomic E-state index is 0.137. The molecule has 21 heavy (non-hydrogen) atoms.